The molecular weight excluding hydrogens is 338 g/mol. The summed E-state index contributed by atoms with van der Waals surface area (Å²) in [6.45, 7) is 2.00. The van der Waals surface area contributed by atoms with E-state index >= 15 is 0 Å². The van der Waals surface area contributed by atoms with Crippen molar-refractivity contribution in [3.8, 4) is 5.69 Å². The zero-order chi connectivity index (χ0) is 18.8. The van der Waals surface area contributed by atoms with Gasteiger partial charge in [0, 0.05) is 12.4 Å². The molecule has 0 spiro atoms. The summed E-state index contributed by atoms with van der Waals surface area (Å²) in [6.07, 6.45) is 3.15. The molecule has 0 unspecified atom stereocenters. The van der Waals surface area contributed by atoms with Crippen molar-refractivity contribution in [2.24, 2.45) is 0 Å². The van der Waals surface area contributed by atoms with E-state index in [1.54, 1.807) is 29.0 Å². The molecule has 134 valence electrons. The summed E-state index contributed by atoms with van der Waals surface area (Å²) >= 11 is 0. The Bertz CT molecular complexity index is 1070. The fourth-order valence-corrected chi connectivity index (χ4v) is 3.01. The Morgan fingerprint density at radius 1 is 1.04 bits per heavy atom. The highest BCUT2D eigenvalue weighted by Gasteiger charge is 2.20. The van der Waals surface area contributed by atoms with Crippen LogP contribution in [0, 0.1) is 0 Å². The largest absolute Gasteiger partial charge is 0.334 e. The molecule has 6 heteroatoms. The van der Waals surface area contributed by atoms with E-state index in [9.17, 15) is 4.79 Å². The van der Waals surface area contributed by atoms with Gasteiger partial charge in [-0.25, -0.2) is 14.6 Å². The maximum atomic E-state index is 12.9. The number of pyridine rings is 1. The van der Waals surface area contributed by atoms with Crippen molar-refractivity contribution in [1.29, 1.82) is 0 Å². The van der Waals surface area contributed by atoms with E-state index in [1.807, 2.05) is 61.5 Å². The third kappa shape index (κ3) is 3.29. The summed E-state index contributed by atoms with van der Waals surface area (Å²) in [7, 11) is 1.80. The topological polar surface area (TPSA) is 63.9 Å². The van der Waals surface area contributed by atoms with Gasteiger partial charge in [0.25, 0.3) is 5.91 Å². The van der Waals surface area contributed by atoms with Gasteiger partial charge >= 0.3 is 0 Å². The van der Waals surface area contributed by atoms with Crippen LogP contribution in [-0.2, 0) is 0 Å². The van der Waals surface area contributed by atoms with Crippen molar-refractivity contribution in [2.45, 2.75) is 13.0 Å². The molecular formula is C21H19N5O. The molecule has 4 aromatic rings. The number of rotatable bonds is 4. The maximum absolute atomic E-state index is 12.9. The first kappa shape index (κ1) is 16.9. The Morgan fingerprint density at radius 2 is 1.81 bits per heavy atom. The van der Waals surface area contributed by atoms with Crippen LogP contribution in [0.5, 0.6) is 0 Å². The minimum atomic E-state index is -0.103. The quantitative estimate of drug-likeness (QED) is 0.559. The van der Waals surface area contributed by atoms with E-state index in [0.717, 1.165) is 22.2 Å². The molecule has 1 amide bonds. The zero-order valence-electron chi connectivity index (χ0n) is 15.1. The molecule has 6 nitrogen and oxygen atoms in total. The highest BCUT2D eigenvalue weighted by molar-refractivity contribution is 5.95. The Kier molecular flexibility index (Phi) is 4.38. The van der Waals surface area contributed by atoms with Gasteiger partial charge in [-0.2, -0.15) is 5.10 Å². The maximum Gasteiger partial charge on any atom is 0.272 e. The number of amides is 1. The number of aromatic nitrogens is 4. The van der Waals surface area contributed by atoms with E-state index in [0.29, 0.717) is 5.69 Å². The lowest BCUT2D eigenvalue weighted by Crippen LogP contribution is -2.30. The molecule has 1 atom stereocenters. The molecule has 0 saturated heterocycles. The van der Waals surface area contributed by atoms with Crippen LogP contribution < -0.4 is 0 Å². The van der Waals surface area contributed by atoms with Crippen LogP contribution in [0.2, 0.25) is 0 Å². The molecule has 0 fully saturated rings. The molecule has 4 rings (SSSR count). The average molecular weight is 357 g/mol. The lowest BCUT2D eigenvalue weighted by atomic mass is 10.1. The Balaban J connectivity index is 1.55. The predicted molar refractivity (Wildman–Crippen MR) is 104 cm³/mol. The summed E-state index contributed by atoms with van der Waals surface area (Å²) in [5.41, 5.74) is 3.23. The van der Waals surface area contributed by atoms with Crippen molar-refractivity contribution >= 4 is 16.8 Å². The number of para-hydroxylation sites is 1. The van der Waals surface area contributed by atoms with Crippen molar-refractivity contribution < 1.29 is 4.79 Å². The second-order valence-electron chi connectivity index (χ2n) is 6.41. The first-order valence-corrected chi connectivity index (χ1v) is 8.71. The van der Waals surface area contributed by atoms with Crippen LogP contribution in [0.4, 0.5) is 0 Å². The monoisotopic (exact) mass is 357 g/mol. The number of fused-ring (bicyclic) bond motifs is 1. The van der Waals surface area contributed by atoms with E-state index in [-0.39, 0.29) is 11.9 Å². The number of carbonyl (C=O) groups is 1. The van der Waals surface area contributed by atoms with Crippen LogP contribution in [0.1, 0.15) is 29.0 Å². The van der Waals surface area contributed by atoms with Gasteiger partial charge in [0.05, 0.1) is 17.2 Å². The second kappa shape index (κ2) is 6.99. The molecule has 0 saturated carbocycles. The van der Waals surface area contributed by atoms with E-state index in [2.05, 4.69) is 15.1 Å². The molecule has 0 aliphatic rings. The van der Waals surface area contributed by atoms with Gasteiger partial charge in [-0.1, -0.05) is 36.4 Å². The lowest BCUT2D eigenvalue weighted by Gasteiger charge is -2.25. The first-order chi connectivity index (χ1) is 13.1. The van der Waals surface area contributed by atoms with Crippen molar-refractivity contribution in [3.05, 3.63) is 84.6 Å². The molecule has 0 radical (unpaired) electrons. The first-order valence-electron chi connectivity index (χ1n) is 8.71. The smallest absolute Gasteiger partial charge is 0.272 e. The van der Waals surface area contributed by atoms with E-state index in [4.69, 9.17) is 0 Å². The molecule has 0 bridgehead atoms. The number of carbonyl (C=O) groups excluding carboxylic acids is 1. The van der Waals surface area contributed by atoms with Gasteiger partial charge in [0.2, 0.25) is 0 Å². The third-order valence-electron chi connectivity index (χ3n) is 4.78. The van der Waals surface area contributed by atoms with Gasteiger partial charge < -0.3 is 4.90 Å². The average Bonchev–Trinajstić information content (AvgIpc) is 3.27. The van der Waals surface area contributed by atoms with Gasteiger partial charge in [0.1, 0.15) is 18.3 Å². The summed E-state index contributed by atoms with van der Waals surface area (Å²) in [4.78, 5) is 23.1. The van der Waals surface area contributed by atoms with Crippen LogP contribution in [0.25, 0.3) is 16.6 Å². The van der Waals surface area contributed by atoms with Gasteiger partial charge in [-0.05, 0) is 36.8 Å². The van der Waals surface area contributed by atoms with Crippen LogP contribution in [-0.4, -0.2) is 37.6 Å². The number of nitrogens with zero attached hydrogens (tertiary/aromatic N) is 5. The van der Waals surface area contributed by atoms with E-state index < -0.39 is 0 Å². The molecule has 0 aliphatic heterocycles. The number of benzene rings is 2. The summed E-state index contributed by atoms with van der Waals surface area (Å²) in [6, 6.07) is 19.3. The Morgan fingerprint density at radius 3 is 2.56 bits per heavy atom. The third-order valence-corrected chi connectivity index (χ3v) is 4.78. The van der Waals surface area contributed by atoms with Crippen LogP contribution in [0.15, 0.2) is 73.3 Å². The van der Waals surface area contributed by atoms with Crippen molar-refractivity contribution in [2.75, 3.05) is 7.05 Å². The molecule has 2 heterocycles. The van der Waals surface area contributed by atoms with Crippen LogP contribution >= 0.6 is 0 Å². The Labute approximate surface area is 157 Å². The fraction of sp³-hybridized carbons (Fsp3) is 0.143. The molecule has 0 aliphatic carbocycles. The summed E-state index contributed by atoms with van der Waals surface area (Å²) in [5.74, 6) is -0.103. The van der Waals surface area contributed by atoms with Crippen molar-refractivity contribution in [3.63, 3.8) is 0 Å². The molecule has 2 aromatic heterocycles. The van der Waals surface area contributed by atoms with Crippen molar-refractivity contribution in [1.82, 2.24) is 24.6 Å². The molecule has 0 N–H and O–H groups in total. The second-order valence-corrected chi connectivity index (χ2v) is 6.41. The normalized spacial score (nSPS) is 12.1. The fourth-order valence-electron chi connectivity index (χ4n) is 3.01. The van der Waals surface area contributed by atoms with Crippen LogP contribution in [0.3, 0.4) is 0 Å². The standard InChI is InChI=1S/C21H19N5O/c1-15(16-7-10-18(11-8-16)26-14-22-13-23-26)25(2)21(27)20-12-9-17-5-3-4-6-19(17)24-20/h3-15H,1-2H3/t15-/m0/s1. The number of hydrogen-bond acceptors (Lipinski definition) is 4. The lowest BCUT2D eigenvalue weighted by molar-refractivity contribution is 0.0737. The minimum Gasteiger partial charge on any atom is -0.334 e. The zero-order valence-corrected chi connectivity index (χ0v) is 15.1. The highest BCUT2D eigenvalue weighted by Crippen LogP contribution is 2.22. The predicted octanol–water partition coefficient (Wildman–Crippen LogP) is 3.65. The minimum absolute atomic E-state index is 0.0874. The van der Waals surface area contributed by atoms with E-state index in [1.165, 1.54) is 6.33 Å². The molecule has 27 heavy (non-hydrogen) atoms. The van der Waals surface area contributed by atoms with Gasteiger partial charge in [-0.15, -0.1) is 0 Å². The number of hydrogen-bond donors (Lipinski definition) is 0. The van der Waals surface area contributed by atoms with Gasteiger partial charge in [-0.3, -0.25) is 4.79 Å². The highest BCUT2D eigenvalue weighted by atomic mass is 16.2. The SMILES string of the molecule is C[C@@H](c1ccc(-n2cncn2)cc1)N(C)C(=O)c1ccc2ccccc2n1. The summed E-state index contributed by atoms with van der Waals surface area (Å²) < 4.78 is 1.70. The molecule has 2 aromatic carbocycles. The Hall–Kier alpha value is -3.54. The van der Waals surface area contributed by atoms with Gasteiger partial charge in [0.15, 0.2) is 0 Å². The summed E-state index contributed by atoms with van der Waals surface area (Å²) in [5, 5.41) is 5.14.